The van der Waals surface area contributed by atoms with Crippen LogP contribution in [-0.4, -0.2) is 43.4 Å². The van der Waals surface area contributed by atoms with Crippen LogP contribution in [0.4, 0.5) is 5.00 Å². The van der Waals surface area contributed by atoms with E-state index in [2.05, 4.69) is 15.5 Å². The highest BCUT2D eigenvalue weighted by atomic mass is 32.2. The van der Waals surface area contributed by atoms with Gasteiger partial charge in [0.1, 0.15) is 10.8 Å². The Morgan fingerprint density at radius 3 is 2.62 bits per heavy atom. The number of hydrogen-bond donors (Lipinski definition) is 1. The number of thiophene rings is 1. The predicted octanol–water partition coefficient (Wildman–Crippen LogP) is 3.27. The number of carbonyl (C=O) groups is 2. The van der Waals surface area contributed by atoms with Crippen molar-refractivity contribution in [1.29, 1.82) is 0 Å². The molecule has 32 heavy (non-hydrogen) atoms. The number of nitrogens with one attached hydrogen (secondary N) is 1. The SMILES string of the molecule is COC(=O)c1c(NC(=O)CS(=O)(=O)c2nnc(-c3ccccc3)o2)sc2c1CCCCC2. The molecule has 4 rings (SSSR count). The molecule has 0 saturated carbocycles. The van der Waals surface area contributed by atoms with Gasteiger partial charge in [-0.3, -0.25) is 4.79 Å². The topological polar surface area (TPSA) is 128 Å². The number of ether oxygens (including phenoxy) is 1. The lowest BCUT2D eigenvalue weighted by atomic mass is 10.1. The van der Waals surface area contributed by atoms with Crippen molar-refractivity contribution in [3.8, 4) is 11.5 Å². The summed E-state index contributed by atoms with van der Waals surface area (Å²) < 4.78 is 35.5. The highest BCUT2D eigenvalue weighted by molar-refractivity contribution is 7.91. The number of amides is 1. The van der Waals surface area contributed by atoms with Crippen molar-refractivity contribution >= 4 is 38.1 Å². The molecule has 11 heteroatoms. The maximum atomic E-state index is 12.6. The van der Waals surface area contributed by atoms with Crippen LogP contribution < -0.4 is 5.32 Å². The van der Waals surface area contributed by atoms with Crippen LogP contribution in [0, 0.1) is 0 Å². The summed E-state index contributed by atoms with van der Waals surface area (Å²) in [7, 11) is -2.90. The second-order valence-corrected chi connectivity index (χ2v) is 10.3. The molecule has 0 bridgehead atoms. The Balaban J connectivity index is 1.54. The predicted molar refractivity (Wildman–Crippen MR) is 117 cm³/mol. The number of carbonyl (C=O) groups excluding carboxylic acids is 2. The zero-order valence-electron chi connectivity index (χ0n) is 17.3. The number of aryl methyl sites for hydroxylation is 1. The molecular formula is C21H21N3O6S2. The Labute approximate surface area is 188 Å². The zero-order chi connectivity index (χ0) is 22.7. The first-order valence-corrected chi connectivity index (χ1v) is 12.5. The summed E-state index contributed by atoms with van der Waals surface area (Å²) >= 11 is 1.29. The van der Waals surface area contributed by atoms with Crippen molar-refractivity contribution in [2.75, 3.05) is 18.2 Å². The Kier molecular flexibility index (Phi) is 6.38. The van der Waals surface area contributed by atoms with Crippen LogP contribution in [0.25, 0.3) is 11.5 Å². The number of benzene rings is 1. The normalized spacial score (nSPS) is 13.8. The molecular weight excluding hydrogens is 454 g/mol. The minimum atomic E-state index is -4.18. The second kappa shape index (κ2) is 9.21. The molecule has 9 nitrogen and oxygen atoms in total. The fourth-order valence-electron chi connectivity index (χ4n) is 3.58. The molecule has 0 unspecified atom stereocenters. The molecule has 1 aliphatic rings. The van der Waals surface area contributed by atoms with Crippen LogP contribution in [0.1, 0.15) is 40.1 Å². The van der Waals surface area contributed by atoms with Gasteiger partial charge in [0.25, 0.3) is 0 Å². The third-order valence-electron chi connectivity index (χ3n) is 5.08. The number of hydrogen-bond acceptors (Lipinski definition) is 9. The summed E-state index contributed by atoms with van der Waals surface area (Å²) in [5.41, 5.74) is 1.75. The number of anilines is 1. The Morgan fingerprint density at radius 1 is 1.12 bits per heavy atom. The summed E-state index contributed by atoms with van der Waals surface area (Å²) in [5.74, 6) is -2.20. The Morgan fingerprint density at radius 2 is 1.88 bits per heavy atom. The van der Waals surface area contributed by atoms with Gasteiger partial charge in [0, 0.05) is 10.4 Å². The van der Waals surface area contributed by atoms with Crippen LogP contribution in [0.15, 0.2) is 40.0 Å². The van der Waals surface area contributed by atoms with E-state index >= 15 is 0 Å². The molecule has 1 aromatic carbocycles. The number of methoxy groups -OCH3 is 1. The number of sulfone groups is 1. The minimum Gasteiger partial charge on any atom is -0.465 e. The van der Waals surface area contributed by atoms with E-state index in [4.69, 9.17) is 9.15 Å². The van der Waals surface area contributed by atoms with Gasteiger partial charge in [-0.2, -0.15) is 0 Å². The van der Waals surface area contributed by atoms with E-state index in [9.17, 15) is 18.0 Å². The van der Waals surface area contributed by atoms with Crippen LogP contribution >= 0.6 is 11.3 Å². The molecule has 3 aromatic rings. The monoisotopic (exact) mass is 475 g/mol. The molecule has 168 valence electrons. The van der Waals surface area contributed by atoms with Gasteiger partial charge in [0.2, 0.25) is 21.6 Å². The maximum Gasteiger partial charge on any atom is 0.341 e. The average Bonchev–Trinajstić information content (AvgIpc) is 3.33. The molecule has 1 N–H and O–H groups in total. The van der Waals surface area contributed by atoms with E-state index < -0.39 is 32.7 Å². The van der Waals surface area contributed by atoms with Crippen molar-refractivity contribution in [2.24, 2.45) is 0 Å². The van der Waals surface area contributed by atoms with Gasteiger partial charge in [-0.15, -0.1) is 16.4 Å². The first kappa shape index (κ1) is 22.2. The van der Waals surface area contributed by atoms with Gasteiger partial charge in [0.05, 0.1) is 12.7 Å². The molecule has 0 radical (unpaired) electrons. The van der Waals surface area contributed by atoms with Gasteiger partial charge < -0.3 is 14.5 Å². The molecule has 1 amide bonds. The van der Waals surface area contributed by atoms with E-state index in [-0.39, 0.29) is 5.89 Å². The van der Waals surface area contributed by atoms with Crippen molar-refractivity contribution in [1.82, 2.24) is 10.2 Å². The first-order valence-electron chi connectivity index (χ1n) is 10.0. The Hall–Kier alpha value is -3.05. The smallest absolute Gasteiger partial charge is 0.341 e. The van der Waals surface area contributed by atoms with Gasteiger partial charge >= 0.3 is 11.2 Å². The van der Waals surface area contributed by atoms with E-state index in [1.165, 1.54) is 18.4 Å². The van der Waals surface area contributed by atoms with Crippen molar-refractivity contribution < 1.29 is 27.2 Å². The van der Waals surface area contributed by atoms with E-state index in [1.807, 2.05) is 0 Å². The number of nitrogens with zero attached hydrogens (tertiary/aromatic N) is 2. The second-order valence-electron chi connectivity index (χ2n) is 7.31. The number of esters is 1. The largest absolute Gasteiger partial charge is 0.465 e. The minimum absolute atomic E-state index is 0.0413. The van der Waals surface area contributed by atoms with Crippen LogP contribution in [0.3, 0.4) is 0 Å². The van der Waals surface area contributed by atoms with Crippen molar-refractivity contribution in [3.05, 3.63) is 46.3 Å². The van der Waals surface area contributed by atoms with Gasteiger partial charge in [0.15, 0.2) is 0 Å². The standard InChI is InChI=1S/C21H21N3O6S2/c1-29-20(26)17-14-10-6-3-7-11-15(14)31-19(17)22-16(25)12-32(27,28)21-24-23-18(30-21)13-8-4-2-5-9-13/h2,4-5,8-9H,3,6-7,10-12H2,1H3,(H,22,25). The summed E-state index contributed by atoms with van der Waals surface area (Å²) in [6, 6.07) is 8.71. The average molecular weight is 476 g/mol. The Bertz CT molecular complexity index is 1250. The third-order valence-corrected chi connectivity index (χ3v) is 7.62. The lowest BCUT2D eigenvalue weighted by Gasteiger charge is -2.07. The van der Waals surface area contributed by atoms with Crippen molar-refractivity contribution in [2.45, 2.75) is 37.3 Å². The zero-order valence-corrected chi connectivity index (χ0v) is 18.9. The molecule has 0 spiro atoms. The number of aromatic nitrogens is 2. The van der Waals surface area contributed by atoms with Crippen LogP contribution in [0.5, 0.6) is 0 Å². The highest BCUT2D eigenvalue weighted by Crippen LogP contribution is 2.38. The summed E-state index contributed by atoms with van der Waals surface area (Å²) in [4.78, 5) is 26.0. The quantitative estimate of drug-likeness (QED) is 0.425. The molecule has 2 heterocycles. The maximum absolute atomic E-state index is 12.6. The molecule has 2 aromatic heterocycles. The molecule has 0 aliphatic heterocycles. The highest BCUT2D eigenvalue weighted by Gasteiger charge is 2.30. The first-order chi connectivity index (χ1) is 15.4. The van der Waals surface area contributed by atoms with Crippen LogP contribution in [-0.2, 0) is 32.2 Å². The van der Waals surface area contributed by atoms with Crippen LogP contribution in [0.2, 0.25) is 0 Å². The third kappa shape index (κ3) is 4.58. The fourth-order valence-corrected chi connectivity index (χ4v) is 5.78. The fraction of sp³-hybridized carbons (Fsp3) is 0.333. The molecule has 0 atom stereocenters. The van der Waals surface area contributed by atoms with Gasteiger partial charge in [-0.25, -0.2) is 13.2 Å². The molecule has 0 saturated heterocycles. The number of rotatable bonds is 6. The van der Waals surface area contributed by atoms with Gasteiger partial charge in [-0.1, -0.05) is 29.7 Å². The summed E-state index contributed by atoms with van der Waals surface area (Å²) in [5, 5.41) is 9.59. The lowest BCUT2D eigenvalue weighted by molar-refractivity contribution is -0.113. The molecule has 1 aliphatic carbocycles. The van der Waals surface area contributed by atoms with Crippen molar-refractivity contribution in [3.63, 3.8) is 0 Å². The van der Waals surface area contributed by atoms with Gasteiger partial charge in [-0.05, 0) is 43.4 Å². The molecule has 0 fully saturated rings. The van der Waals surface area contributed by atoms with E-state index in [0.29, 0.717) is 22.5 Å². The lowest BCUT2D eigenvalue weighted by Crippen LogP contribution is -2.24. The van der Waals surface area contributed by atoms with E-state index in [0.717, 1.165) is 36.1 Å². The summed E-state index contributed by atoms with van der Waals surface area (Å²) in [6.45, 7) is 0. The number of fused-ring (bicyclic) bond motifs is 1. The van der Waals surface area contributed by atoms with E-state index in [1.54, 1.807) is 30.3 Å². The summed E-state index contributed by atoms with van der Waals surface area (Å²) in [6.07, 6.45) is 4.53.